The van der Waals surface area contributed by atoms with E-state index in [1.165, 1.54) is 7.11 Å². The quantitative estimate of drug-likeness (QED) is 0.760. The highest BCUT2D eigenvalue weighted by Crippen LogP contribution is 2.26. The van der Waals surface area contributed by atoms with E-state index in [0.29, 0.717) is 13.0 Å². The van der Waals surface area contributed by atoms with Crippen LogP contribution in [0.15, 0.2) is 0 Å². The van der Waals surface area contributed by atoms with Crippen molar-refractivity contribution in [2.45, 2.75) is 45.3 Å². The van der Waals surface area contributed by atoms with E-state index in [9.17, 15) is 14.7 Å². The van der Waals surface area contributed by atoms with E-state index in [2.05, 4.69) is 0 Å². The highest BCUT2D eigenvalue weighted by atomic mass is 16.5. The van der Waals surface area contributed by atoms with Crippen molar-refractivity contribution in [2.24, 2.45) is 5.92 Å². The van der Waals surface area contributed by atoms with Crippen molar-refractivity contribution in [2.75, 3.05) is 26.9 Å². The maximum Gasteiger partial charge on any atom is 0.311 e. The van der Waals surface area contributed by atoms with Crippen LogP contribution in [0.4, 0.5) is 0 Å². The first kappa shape index (κ1) is 16.9. The van der Waals surface area contributed by atoms with Crippen LogP contribution in [0.1, 0.15) is 33.6 Å². The molecular formula is C14H25NO5. The monoisotopic (exact) mass is 287 g/mol. The van der Waals surface area contributed by atoms with Gasteiger partial charge in [-0.15, -0.1) is 0 Å². The van der Waals surface area contributed by atoms with Gasteiger partial charge >= 0.3 is 5.97 Å². The van der Waals surface area contributed by atoms with E-state index in [4.69, 9.17) is 9.47 Å². The Kier molecular flexibility index (Phi) is 5.95. The number of carboxylic acids is 1. The Morgan fingerprint density at radius 3 is 2.50 bits per heavy atom. The lowest BCUT2D eigenvalue weighted by Crippen LogP contribution is -2.55. The largest absolute Gasteiger partial charge is 0.481 e. The zero-order valence-corrected chi connectivity index (χ0v) is 12.7. The van der Waals surface area contributed by atoms with Gasteiger partial charge in [0.25, 0.3) is 5.91 Å². The molecule has 0 bridgehead atoms. The lowest BCUT2D eigenvalue weighted by molar-refractivity contribution is -0.158. The number of amides is 1. The van der Waals surface area contributed by atoms with Crippen LogP contribution in [-0.4, -0.2) is 60.4 Å². The summed E-state index contributed by atoms with van der Waals surface area (Å²) in [7, 11) is 1.51. The average molecular weight is 287 g/mol. The first-order valence-electron chi connectivity index (χ1n) is 7.08. The van der Waals surface area contributed by atoms with Crippen LogP contribution in [0.3, 0.4) is 0 Å². The molecule has 0 spiro atoms. The Morgan fingerprint density at radius 2 is 2.05 bits per heavy atom. The maximum absolute atomic E-state index is 12.7. The third-order valence-corrected chi connectivity index (χ3v) is 4.07. The first-order valence-corrected chi connectivity index (χ1v) is 7.08. The van der Waals surface area contributed by atoms with Crippen molar-refractivity contribution in [3.63, 3.8) is 0 Å². The van der Waals surface area contributed by atoms with Gasteiger partial charge in [-0.05, 0) is 19.8 Å². The molecule has 3 unspecified atom stereocenters. The number of hydrogen-bond acceptors (Lipinski definition) is 4. The third-order valence-electron chi connectivity index (χ3n) is 4.07. The van der Waals surface area contributed by atoms with E-state index < -0.39 is 23.5 Å². The van der Waals surface area contributed by atoms with Gasteiger partial charge in [0.05, 0.1) is 19.3 Å². The van der Waals surface area contributed by atoms with Gasteiger partial charge in [0.2, 0.25) is 0 Å². The Labute approximate surface area is 120 Å². The van der Waals surface area contributed by atoms with Crippen molar-refractivity contribution in [3.05, 3.63) is 0 Å². The maximum atomic E-state index is 12.7. The average Bonchev–Trinajstić information content (AvgIpc) is 2.92. The number of nitrogens with zero attached hydrogens (tertiary/aromatic N) is 1. The number of methoxy groups -OCH3 is 1. The summed E-state index contributed by atoms with van der Waals surface area (Å²) in [6.07, 6.45) is 1.30. The summed E-state index contributed by atoms with van der Waals surface area (Å²) >= 11 is 0. The molecule has 1 saturated heterocycles. The summed E-state index contributed by atoms with van der Waals surface area (Å²) in [5.74, 6) is -1.74. The van der Waals surface area contributed by atoms with E-state index in [1.54, 1.807) is 11.8 Å². The predicted octanol–water partition coefficient (Wildman–Crippen LogP) is 1.14. The molecule has 0 aromatic rings. The summed E-state index contributed by atoms with van der Waals surface area (Å²) in [4.78, 5) is 25.6. The number of carbonyl (C=O) groups excluding carboxylic acids is 1. The molecule has 1 amide bonds. The van der Waals surface area contributed by atoms with Gasteiger partial charge in [-0.25, -0.2) is 0 Å². The molecule has 6 heteroatoms. The van der Waals surface area contributed by atoms with Crippen LogP contribution in [-0.2, 0) is 19.1 Å². The summed E-state index contributed by atoms with van der Waals surface area (Å²) in [6, 6.07) is -0.416. The number of ether oxygens (including phenoxy) is 2. The highest BCUT2D eigenvalue weighted by Gasteiger charge is 2.44. The van der Waals surface area contributed by atoms with Crippen molar-refractivity contribution in [3.8, 4) is 0 Å². The SMILES string of the molecule is CCCN(C(=O)C(C)(CC)OC)C1COCC1C(=O)O. The minimum absolute atomic E-state index is 0.156. The lowest BCUT2D eigenvalue weighted by Gasteiger charge is -2.37. The second-order valence-corrected chi connectivity index (χ2v) is 5.34. The molecule has 1 aliphatic heterocycles. The third kappa shape index (κ3) is 3.30. The van der Waals surface area contributed by atoms with Crippen LogP contribution in [0.25, 0.3) is 0 Å². The summed E-state index contributed by atoms with van der Waals surface area (Å²) in [5, 5.41) is 9.25. The van der Waals surface area contributed by atoms with E-state index >= 15 is 0 Å². The molecule has 1 N–H and O–H groups in total. The first-order chi connectivity index (χ1) is 9.41. The number of carbonyl (C=O) groups is 2. The topological polar surface area (TPSA) is 76.1 Å². The van der Waals surface area contributed by atoms with Crippen molar-refractivity contribution in [1.29, 1.82) is 0 Å². The van der Waals surface area contributed by atoms with Gasteiger partial charge < -0.3 is 19.5 Å². The lowest BCUT2D eigenvalue weighted by atomic mass is 9.96. The molecule has 20 heavy (non-hydrogen) atoms. The van der Waals surface area contributed by atoms with E-state index in [0.717, 1.165) is 6.42 Å². The van der Waals surface area contributed by atoms with Gasteiger partial charge in [0, 0.05) is 13.7 Å². The van der Waals surface area contributed by atoms with Crippen LogP contribution in [0, 0.1) is 5.92 Å². The smallest absolute Gasteiger partial charge is 0.311 e. The zero-order valence-electron chi connectivity index (χ0n) is 12.7. The van der Waals surface area contributed by atoms with Crippen molar-refractivity contribution in [1.82, 2.24) is 4.90 Å². The summed E-state index contributed by atoms with van der Waals surface area (Å²) < 4.78 is 10.6. The van der Waals surface area contributed by atoms with Gasteiger partial charge in [-0.3, -0.25) is 9.59 Å². The fourth-order valence-corrected chi connectivity index (χ4v) is 2.43. The Bertz CT molecular complexity index is 353. The highest BCUT2D eigenvalue weighted by molar-refractivity contribution is 5.86. The molecule has 1 fully saturated rings. The molecule has 1 aliphatic rings. The van der Waals surface area contributed by atoms with Gasteiger partial charge in [-0.2, -0.15) is 0 Å². The summed E-state index contributed by atoms with van der Waals surface area (Å²) in [5.41, 5.74) is -0.916. The van der Waals surface area contributed by atoms with E-state index in [-0.39, 0.29) is 19.1 Å². The fraction of sp³-hybridized carbons (Fsp3) is 0.857. The molecule has 6 nitrogen and oxygen atoms in total. The molecule has 3 atom stereocenters. The zero-order chi connectivity index (χ0) is 15.3. The molecule has 0 aromatic heterocycles. The predicted molar refractivity (Wildman–Crippen MR) is 73.4 cm³/mol. The van der Waals surface area contributed by atoms with Crippen LogP contribution in [0.5, 0.6) is 0 Å². The minimum atomic E-state index is -0.919. The number of hydrogen-bond donors (Lipinski definition) is 1. The molecule has 0 aromatic carbocycles. The second kappa shape index (κ2) is 7.04. The standard InChI is InChI=1S/C14H25NO5/c1-5-7-15(13(18)14(3,6-2)19-4)11-9-20-8-10(11)12(16)17/h10-11H,5-9H2,1-4H3,(H,16,17). The molecule has 0 radical (unpaired) electrons. The van der Waals surface area contributed by atoms with Gasteiger partial charge in [-0.1, -0.05) is 13.8 Å². The molecular weight excluding hydrogens is 262 g/mol. The molecule has 0 aliphatic carbocycles. The van der Waals surface area contributed by atoms with Crippen molar-refractivity contribution >= 4 is 11.9 Å². The fourth-order valence-electron chi connectivity index (χ4n) is 2.43. The van der Waals surface area contributed by atoms with Gasteiger partial charge in [0.15, 0.2) is 0 Å². The minimum Gasteiger partial charge on any atom is -0.481 e. The van der Waals surface area contributed by atoms with Crippen LogP contribution in [0.2, 0.25) is 0 Å². The normalized spacial score (nSPS) is 25.2. The number of aliphatic carboxylic acids is 1. The Balaban J connectivity index is 2.99. The molecule has 1 heterocycles. The Hall–Kier alpha value is -1.14. The summed E-state index contributed by atoms with van der Waals surface area (Å²) in [6.45, 7) is 6.52. The van der Waals surface area contributed by atoms with Crippen LogP contribution >= 0.6 is 0 Å². The van der Waals surface area contributed by atoms with E-state index in [1.807, 2.05) is 13.8 Å². The molecule has 116 valence electrons. The molecule has 1 rings (SSSR count). The van der Waals surface area contributed by atoms with Crippen molar-refractivity contribution < 1.29 is 24.2 Å². The van der Waals surface area contributed by atoms with Crippen LogP contribution < -0.4 is 0 Å². The van der Waals surface area contributed by atoms with Gasteiger partial charge in [0.1, 0.15) is 11.5 Å². The second-order valence-electron chi connectivity index (χ2n) is 5.34. The number of rotatable bonds is 7. The number of carboxylic acid groups (broad SMARTS) is 1. The molecule has 0 saturated carbocycles. The Morgan fingerprint density at radius 1 is 1.40 bits per heavy atom.